The van der Waals surface area contributed by atoms with Gasteiger partial charge in [-0.15, -0.1) is 0 Å². The summed E-state index contributed by atoms with van der Waals surface area (Å²) in [4.78, 5) is 13.6. The van der Waals surface area contributed by atoms with Crippen LogP contribution in [0.4, 0.5) is 0 Å². The summed E-state index contributed by atoms with van der Waals surface area (Å²) in [5.41, 5.74) is 9.44. The molecule has 0 fully saturated rings. The van der Waals surface area contributed by atoms with E-state index in [0.717, 1.165) is 11.8 Å². The molecule has 0 aliphatic heterocycles. The van der Waals surface area contributed by atoms with E-state index < -0.39 is 0 Å². The van der Waals surface area contributed by atoms with Gasteiger partial charge in [-0.1, -0.05) is 12.1 Å². The molecule has 1 aromatic rings. The molecular weight excluding hydrogens is 178 g/mol. The summed E-state index contributed by atoms with van der Waals surface area (Å²) in [7, 11) is 0. The summed E-state index contributed by atoms with van der Waals surface area (Å²) >= 11 is 0. The summed E-state index contributed by atoms with van der Waals surface area (Å²) in [6, 6.07) is 8.65. The predicted octanol–water partition coefficient (Wildman–Crippen LogP) is 0.970. The third-order valence-corrected chi connectivity index (χ3v) is 1.66. The molecule has 0 aromatic heterocycles. The first-order chi connectivity index (χ1) is 6.76. The molecule has 4 heteroatoms. The smallest absolute Gasteiger partial charge is 0.323 e. The first-order valence-electron chi connectivity index (χ1n) is 3.95. The van der Waals surface area contributed by atoms with Crippen molar-refractivity contribution in [3.8, 4) is 6.07 Å². The van der Waals surface area contributed by atoms with Crippen molar-refractivity contribution in [3.05, 3.63) is 40.9 Å². The largest absolute Gasteiger partial charge is 0.361 e. The highest BCUT2D eigenvalue weighted by molar-refractivity contribution is 6.25. The zero-order chi connectivity index (χ0) is 10.4. The molecule has 68 valence electrons. The van der Waals surface area contributed by atoms with Gasteiger partial charge in [0.05, 0.1) is 11.6 Å². The van der Waals surface area contributed by atoms with Gasteiger partial charge in [-0.25, -0.2) is 0 Å². The SMILES string of the molecule is N#Cc1ccc(CC(=O)C=[N+]=[N-])cc1. The Hall–Kier alpha value is -2.24. The normalized spacial score (nSPS) is 8.50. The maximum absolute atomic E-state index is 11.0. The zero-order valence-electron chi connectivity index (χ0n) is 7.34. The van der Waals surface area contributed by atoms with E-state index in [1.54, 1.807) is 24.3 Å². The van der Waals surface area contributed by atoms with Crippen molar-refractivity contribution in [1.29, 1.82) is 5.26 Å². The Kier molecular flexibility index (Phi) is 3.31. The maximum atomic E-state index is 11.0. The number of nitriles is 1. The molecular formula is C10H7N3O. The standard InChI is InChI=1S/C10H7N3O/c11-6-9-3-1-8(2-4-9)5-10(14)7-13-12/h1-4,7H,5H2. The van der Waals surface area contributed by atoms with Crippen LogP contribution in [0, 0.1) is 11.3 Å². The summed E-state index contributed by atoms with van der Waals surface area (Å²) in [6.07, 6.45) is 1.04. The van der Waals surface area contributed by atoms with Gasteiger partial charge in [0.2, 0.25) is 5.78 Å². The highest BCUT2D eigenvalue weighted by atomic mass is 16.1. The molecule has 1 aromatic carbocycles. The lowest BCUT2D eigenvalue weighted by atomic mass is 10.1. The van der Waals surface area contributed by atoms with Gasteiger partial charge in [0, 0.05) is 6.42 Å². The average Bonchev–Trinajstić information content (AvgIpc) is 2.19. The van der Waals surface area contributed by atoms with Crippen LogP contribution in [0.25, 0.3) is 5.53 Å². The highest BCUT2D eigenvalue weighted by Gasteiger charge is 2.03. The number of ketones is 1. The van der Waals surface area contributed by atoms with Gasteiger partial charge in [0.1, 0.15) is 0 Å². The number of rotatable bonds is 3. The van der Waals surface area contributed by atoms with Crippen LogP contribution in [0.15, 0.2) is 24.3 Å². The van der Waals surface area contributed by atoms with Crippen LogP contribution in [0.2, 0.25) is 0 Å². The minimum atomic E-state index is -0.280. The molecule has 0 spiro atoms. The molecule has 0 heterocycles. The number of carbonyl (C=O) groups is 1. The van der Waals surface area contributed by atoms with Gasteiger partial charge in [-0.05, 0) is 17.7 Å². The van der Waals surface area contributed by atoms with Crippen molar-refractivity contribution in [1.82, 2.24) is 0 Å². The minimum Gasteiger partial charge on any atom is -0.361 e. The lowest BCUT2D eigenvalue weighted by Gasteiger charge is -1.94. The molecule has 0 saturated heterocycles. The Morgan fingerprint density at radius 2 is 2.14 bits per heavy atom. The van der Waals surface area contributed by atoms with E-state index in [9.17, 15) is 4.79 Å². The first-order valence-corrected chi connectivity index (χ1v) is 3.95. The third-order valence-electron chi connectivity index (χ3n) is 1.66. The van der Waals surface area contributed by atoms with E-state index in [1.807, 2.05) is 6.07 Å². The molecule has 0 saturated carbocycles. The molecule has 4 nitrogen and oxygen atoms in total. The Bertz CT molecular complexity index is 422. The van der Waals surface area contributed by atoms with Gasteiger partial charge >= 0.3 is 6.21 Å². The number of hydrogen-bond donors (Lipinski definition) is 0. The highest BCUT2D eigenvalue weighted by Crippen LogP contribution is 2.03. The van der Waals surface area contributed by atoms with Crippen LogP contribution in [-0.4, -0.2) is 16.8 Å². The van der Waals surface area contributed by atoms with E-state index >= 15 is 0 Å². The Morgan fingerprint density at radius 3 is 2.64 bits per heavy atom. The van der Waals surface area contributed by atoms with Crippen LogP contribution in [0.1, 0.15) is 11.1 Å². The second kappa shape index (κ2) is 4.70. The number of Topliss-reactive ketones (excluding diaryl/α,β-unsaturated/α-hetero) is 1. The monoisotopic (exact) mass is 185 g/mol. The quantitative estimate of drug-likeness (QED) is 0.399. The second-order valence-corrected chi connectivity index (χ2v) is 2.70. The van der Waals surface area contributed by atoms with E-state index in [2.05, 4.69) is 4.79 Å². The summed E-state index contributed by atoms with van der Waals surface area (Å²) in [6.45, 7) is 0. The van der Waals surface area contributed by atoms with Crippen molar-refractivity contribution < 1.29 is 9.58 Å². The van der Waals surface area contributed by atoms with Crippen LogP contribution in [0.5, 0.6) is 0 Å². The van der Waals surface area contributed by atoms with E-state index in [0.29, 0.717) is 5.56 Å². The minimum absolute atomic E-state index is 0.176. The van der Waals surface area contributed by atoms with Gasteiger partial charge in [0.25, 0.3) is 0 Å². The Labute approximate surface area is 81.0 Å². The van der Waals surface area contributed by atoms with Crippen LogP contribution in [-0.2, 0) is 11.2 Å². The number of carbonyl (C=O) groups excluding carboxylic acids is 1. The molecule has 0 atom stereocenters. The van der Waals surface area contributed by atoms with Crippen molar-refractivity contribution in [2.24, 2.45) is 0 Å². The average molecular weight is 185 g/mol. The Morgan fingerprint density at radius 1 is 1.50 bits per heavy atom. The predicted molar refractivity (Wildman–Crippen MR) is 49.6 cm³/mol. The molecule has 0 aliphatic carbocycles. The van der Waals surface area contributed by atoms with Gasteiger partial charge in [-0.2, -0.15) is 10.1 Å². The molecule has 0 radical (unpaired) electrons. The van der Waals surface area contributed by atoms with Gasteiger partial charge in [-0.3, -0.25) is 4.79 Å². The molecule has 0 N–H and O–H groups in total. The van der Waals surface area contributed by atoms with Crippen molar-refractivity contribution >= 4 is 12.0 Å². The molecule has 0 bridgehead atoms. The Balaban J connectivity index is 2.74. The first kappa shape index (κ1) is 9.85. The number of nitrogens with zero attached hydrogens (tertiary/aromatic N) is 3. The fourth-order valence-corrected chi connectivity index (χ4v) is 1.01. The molecule has 0 unspecified atom stereocenters. The van der Waals surface area contributed by atoms with Crippen LogP contribution in [0.3, 0.4) is 0 Å². The lowest BCUT2D eigenvalue weighted by molar-refractivity contribution is -0.115. The fraction of sp³-hybridized carbons (Fsp3) is 0.100. The third kappa shape index (κ3) is 2.67. The summed E-state index contributed by atoms with van der Waals surface area (Å²) in [5, 5.41) is 8.52. The molecule has 0 aliphatic rings. The molecule has 0 amide bonds. The zero-order valence-corrected chi connectivity index (χ0v) is 7.34. The maximum Gasteiger partial charge on any atom is 0.323 e. The van der Waals surface area contributed by atoms with Crippen molar-refractivity contribution in [2.75, 3.05) is 0 Å². The number of benzene rings is 1. The summed E-state index contributed by atoms with van der Waals surface area (Å²) in [5.74, 6) is -0.280. The van der Waals surface area contributed by atoms with Crippen molar-refractivity contribution in [3.63, 3.8) is 0 Å². The molecule has 1 rings (SSSR count). The second-order valence-electron chi connectivity index (χ2n) is 2.70. The lowest BCUT2D eigenvalue weighted by Crippen LogP contribution is -2.04. The van der Waals surface area contributed by atoms with E-state index in [-0.39, 0.29) is 12.2 Å². The van der Waals surface area contributed by atoms with Gasteiger partial charge < -0.3 is 5.53 Å². The van der Waals surface area contributed by atoms with Gasteiger partial charge in [0.15, 0.2) is 0 Å². The molecule has 14 heavy (non-hydrogen) atoms. The number of hydrogen-bond acceptors (Lipinski definition) is 2. The van der Waals surface area contributed by atoms with E-state index in [1.165, 1.54) is 0 Å². The fourth-order valence-electron chi connectivity index (χ4n) is 1.01. The van der Waals surface area contributed by atoms with E-state index in [4.69, 9.17) is 10.8 Å². The van der Waals surface area contributed by atoms with Crippen molar-refractivity contribution in [2.45, 2.75) is 6.42 Å². The topological polar surface area (TPSA) is 77.3 Å². The van der Waals surface area contributed by atoms with Crippen LogP contribution < -0.4 is 0 Å². The van der Waals surface area contributed by atoms with Crippen LogP contribution >= 0.6 is 0 Å². The summed E-state index contributed by atoms with van der Waals surface area (Å²) < 4.78 is 0.